The number of nitrogens with zero attached hydrogens (tertiary/aromatic N) is 3. The fraction of sp³-hybridized carbons (Fsp3) is 0.242. The van der Waals surface area contributed by atoms with Crippen molar-refractivity contribution in [2.24, 2.45) is 0 Å². The Labute approximate surface area is 435 Å². The summed E-state index contributed by atoms with van der Waals surface area (Å²) in [5.41, 5.74) is 23.6. The van der Waals surface area contributed by atoms with Crippen molar-refractivity contribution in [3.05, 3.63) is 186 Å². The van der Waals surface area contributed by atoms with Gasteiger partial charge in [-0.25, -0.2) is 0 Å². The first-order chi connectivity index (χ1) is 35.2. The molecular weight excluding hydrogens is 904 g/mol. The van der Waals surface area contributed by atoms with Gasteiger partial charge in [-0.1, -0.05) is 140 Å². The molecule has 2 aliphatic carbocycles. The topological polar surface area (TPSA) is 19.0 Å². The maximum Gasteiger partial charge on any atom is 0.264 e. The molecule has 5 heterocycles. The van der Waals surface area contributed by atoms with Gasteiger partial charge in [-0.15, -0.1) is 11.3 Å². The van der Waals surface area contributed by atoms with E-state index in [0.29, 0.717) is 0 Å². The molecule has 0 spiro atoms. The van der Waals surface area contributed by atoms with Crippen molar-refractivity contribution in [1.29, 1.82) is 0 Å². The normalized spacial score (nSPS) is 18.3. The number of hydrogen-bond acceptors (Lipinski definition) is 5. The minimum atomic E-state index is -0.0381. The number of ether oxygens (including phenoxy) is 1. The van der Waals surface area contributed by atoms with E-state index in [1.54, 1.807) is 0 Å². The molecule has 7 heteroatoms. The molecule has 9 aromatic rings. The van der Waals surface area contributed by atoms with E-state index in [9.17, 15) is 0 Å². The maximum atomic E-state index is 6.95. The van der Waals surface area contributed by atoms with Crippen molar-refractivity contribution in [3.8, 4) is 11.5 Å². The first-order valence-electron chi connectivity index (χ1n) is 26.7. The molecule has 0 N–H and O–H groups in total. The number of para-hydroxylation sites is 2. The average molecular weight is 964 g/mol. The highest BCUT2D eigenvalue weighted by atomic mass is 32.1. The molecule has 0 saturated heterocycles. The van der Waals surface area contributed by atoms with E-state index in [4.69, 9.17) is 4.74 Å². The molecule has 6 aliphatic rings. The molecule has 356 valence electrons. The van der Waals surface area contributed by atoms with Crippen LogP contribution in [0.3, 0.4) is 0 Å². The van der Waals surface area contributed by atoms with Gasteiger partial charge in [0.15, 0.2) is 0 Å². The van der Waals surface area contributed by atoms with E-state index in [-0.39, 0.29) is 35.1 Å². The van der Waals surface area contributed by atoms with Crippen LogP contribution >= 0.6 is 11.3 Å². The summed E-state index contributed by atoms with van der Waals surface area (Å²) in [6.07, 6.45) is 4.67. The SMILES string of the molecule is CC1(C)CCC(C)(C)c2cc(N3c4cc5c(cc4B4c6ccccc6Oc6cccc3c64)B3c4sc6ccccc6c4N(c4ccccc4)c4cccc(c43)N5c3ccc4c(c3)C(C)(C)CCC4(C)C)ccc21. The molecule has 0 atom stereocenters. The Hall–Kier alpha value is -6.95. The second-order valence-corrected chi connectivity index (χ2v) is 25.6. The van der Waals surface area contributed by atoms with Crippen LogP contribution in [-0.2, 0) is 21.7 Å². The summed E-state index contributed by atoms with van der Waals surface area (Å²) in [7, 11) is 0. The third-order valence-electron chi connectivity index (χ3n) is 18.4. The summed E-state index contributed by atoms with van der Waals surface area (Å²) in [6, 6.07) is 62.9. The van der Waals surface area contributed by atoms with E-state index in [2.05, 4.69) is 234 Å². The molecule has 8 aromatic carbocycles. The first kappa shape index (κ1) is 43.6. The van der Waals surface area contributed by atoms with Gasteiger partial charge in [0.25, 0.3) is 13.4 Å². The zero-order valence-corrected chi connectivity index (χ0v) is 44.0. The highest BCUT2D eigenvalue weighted by Crippen LogP contribution is 2.53. The Kier molecular flexibility index (Phi) is 8.87. The van der Waals surface area contributed by atoms with Crippen LogP contribution in [0.1, 0.15) is 103 Å². The average Bonchev–Trinajstić information content (AvgIpc) is 3.78. The lowest BCUT2D eigenvalue weighted by Gasteiger charge is -2.46. The van der Waals surface area contributed by atoms with E-state index in [1.807, 2.05) is 11.3 Å². The third-order valence-corrected chi connectivity index (χ3v) is 19.6. The van der Waals surface area contributed by atoms with Gasteiger partial charge >= 0.3 is 0 Å². The molecule has 4 aliphatic heterocycles. The number of hydrogen-bond donors (Lipinski definition) is 0. The van der Waals surface area contributed by atoms with Crippen molar-refractivity contribution >= 4 is 118 Å². The molecule has 0 bridgehead atoms. The predicted molar refractivity (Wildman–Crippen MR) is 312 cm³/mol. The second-order valence-electron chi connectivity index (χ2n) is 24.5. The molecule has 0 amide bonds. The van der Waals surface area contributed by atoms with Crippen LogP contribution in [0.15, 0.2) is 164 Å². The van der Waals surface area contributed by atoms with Crippen LogP contribution in [0.2, 0.25) is 0 Å². The molecule has 15 rings (SSSR count). The van der Waals surface area contributed by atoms with Gasteiger partial charge in [0.1, 0.15) is 11.5 Å². The molecule has 0 unspecified atom stereocenters. The fourth-order valence-corrected chi connectivity index (χ4v) is 15.6. The highest BCUT2D eigenvalue weighted by Gasteiger charge is 2.49. The monoisotopic (exact) mass is 963 g/mol. The molecule has 0 radical (unpaired) electrons. The van der Waals surface area contributed by atoms with E-state index in [0.717, 1.165) is 24.3 Å². The largest absolute Gasteiger partial charge is 0.458 e. The quantitative estimate of drug-likeness (QED) is 0.164. The van der Waals surface area contributed by atoms with Crippen molar-refractivity contribution in [2.45, 2.75) is 103 Å². The van der Waals surface area contributed by atoms with Crippen LogP contribution in [-0.4, -0.2) is 13.4 Å². The summed E-state index contributed by atoms with van der Waals surface area (Å²) >= 11 is 1.97. The Morgan fingerprint density at radius 2 is 0.918 bits per heavy atom. The minimum absolute atomic E-state index is 0.0185. The zero-order chi connectivity index (χ0) is 49.5. The van der Waals surface area contributed by atoms with Gasteiger partial charge in [0, 0.05) is 60.4 Å². The summed E-state index contributed by atoms with van der Waals surface area (Å²) in [4.78, 5) is 7.83. The number of anilines is 9. The van der Waals surface area contributed by atoms with Gasteiger partial charge in [-0.2, -0.15) is 0 Å². The Morgan fingerprint density at radius 3 is 1.58 bits per heavy atom. The Balaban J connectivity index is 1.07. The van der Waals surface area contributed by atoms with E-state index >= 15 is 0 Å². The number of benzene rings is 8. The molecule has 0 saturated carbocycles. The zero-order valence-electron chi connectivity index (χ0n) is 43.2. The summed E-state index contributed by atoms with van der Waals surface area (Å²) < 4.78 is 9.65. The van der Waals surface area contributed by atoms with Crippen molar-refractivity contribution in [1.82, 2.24) is 0 Å². The second kappa shape index (κ2) is 14.9. The van der Waals surface area contributed by atoms with Crippen molar-refractivity contribution in [3.63, 3.8) is 0 Å². The van der Waals surface area contributed by atoms with Gasteiger partial charge < -0.3 is 19.4 Å². The number of rotatable bonds is 3. The lowest BCUT2D eigenvalue weighted by molar-refractivity contribution is 0.332. The Morgan fingerprint density at radius 1 is 0.397 bits per heavy atom. The molecular formula is C66H59B2N3OS. The van der Waals surface area contributed by atoms with Gasteiger partial charge in [-0.05, 0) is 176 Å². The van der Waals surface area contributed by atoms with Crippen LogP contribution < -0.4 is 51.5 Å². The third kappa shape index (κ3) is 6.03. The van der Waals surface area contributed by atoms with Crippen LogP contribution in [0.5, 0.6) is 11.5 Å². The summed E-state index contributed by atoms with van der Waals surface area (Å²) in [5.74, 6) is 1.87. The van der Waals surface area contributed by atoms with Crippen molar-refractivity contribution < 1.29 is 4.74 Å². The predicted octanol–water partition coefficient (Wildman–Crippen LogP) is 14.1. The van der Waals surface area contributed by atoms with Gasteiger partial charge in [0.05, 0.1) is 5.69 Å². The fourth-order valence-electron chi connectivity index (χ4n) is 14.3. The molecule has 73 heavy (non-hydrogen) atoms. The summed E-state index contributed by atoms with van der Waals surface area (Å²) in [5, 5.41) is 1.30. The first-order valence-corrected chi connectivity index (χ1v) is 27.5. The van der Waals surface area contributed by atoms with Crippen molar-refractivity contribution in [2.75, 3.05) is 14.7 Å². The number of thiophene rings is 1. The Bertz CT molecular complexity index is 3850. The van der Waals surface area contributed by atoms with Crippen LogP contribution in [0.4, 0.5) is 51.2 Å². The van der Waals surface area contributed by atoms with E-state index in [1.165, 1.54) is 128 Å². The molecule has 0 fully saturated rings. The summed E-state index contributed by atoms with van der Waals surface area (Å²) in [6.45, 7) is 19.5. The smallest absolute Gasteiger partial charge is 0.264 e. The maximum absolute atomic E-state index is 6.95. The molecule has 1 aromatic heterocycles. The lowest BCUT2D eigenvalue weighted by atomic mass is 9.31. The standard InChI is InChI=1S/C66H59B2N3OS/c1-63(2)32-34-65(5,6)46-36-41(28-30-44(46)63)69-51-22-16-23-52-59(51)68(62-61(43-20-12-15-27-58(43)73-62)71(52)40-18-10-9-11-19-40)50-38-49-54(39-55(50)69)70(42-29-31-45-47(37-42)66(7,8)35-33-64(45,3)4)53-24-17-26-57-60(53)67(49)48-21-13-14-25-56(48)72-57/h9-31,36-39H,32-35H2,1-8H3. The number of fused-ring (bicyclic) bond motifs is 12. The minimum Gasteiger partial charge on any atom is -0.458 e. The van der Waals surface area contributed by atoms with Gasteiger partial charge in [0.2, 0.25) is 0 Å². The lowest BCUT2D eigenvalue weighted by Crippen LogP contribution is -2.64. The van der Waals surface area contributed by atoms with Crippen LogP contribution in [0, 0.1) is 0 Å². The van der Waals surface area contributed by atoms with Crippen LogP contribution in [0.25, 0.3) is 10.1 Å². The van der Waals surface area contributed by atoms with Gasteiger partial charge in [-0.3, -0.25) is 0 Å². The van der Waals surface area contributed by atoms with E-state index < -0.39 is 0 Å². The highest BCUT2D eigenvalue weighted by molar-refractivity contribution is 7.33. The molecule has 4 nitrogen and oxygen atoms in total.